The normalized spacial score (nSPS) is 14.2. The average Bonchev–Trinajstić information content (AvgIpc) is 2.72. The zero-order chi connectivity index (χ0) is 19.5. The van der Waals surface area contributed by atoms with E-state index < -0.39 is 0 Å². The van der Waals surface area contributed by atoms with Crippen LogP contribution in [0.25, 0.3) is 0 Å². The first-order valence-electron chi connectivity index (χ1n) is 9.52. The van der Waals surface area contributed by atoms with Gasteiger partial charge in [-0.1, -0.05) is 12.1 Å². The minimum absolute atomic E-state index is 0.202. The molecule has 1 N–H and O–H groups in total. The fraction of sp³-hybridized carbons (Fsp3) is 0.273. The maximum absolute atomic E-state index is 13.1. The van der Waals surface area contributed by atoms with Crippen LogP contribution in [0.3, 0.4) is 0 Å². The van der Waals surface area contributed by atoms with Crippen molar-refractivity contribution in [2.24, 2.45) is 0 Å². The molecule has 1 aromatic heterocycles. The molecule has 0 unspecified atom stereocenters. The van der Waals surface area contributed by atoms with Crippen molar-refractivity contribution in [3.8, 4) is 0 Å². The van der Waals surface area contributed by atoms with Crippen LogP contribution < -0.4 is 15.1 Å². The van der Waals surface area contributed by atoms with Crippen LogP contribution in [-0.4, -0.2) is 36.1 Å². The average molecular weight is 377 g/mol. The van der Waals surface area contributed by atoms with Crippen LogP contribution in [0.5, 0.6) is 0 Å². The number of halogens is 1. The van der Waals surface area contributed by atoms with E-state index in [1.807, 2.05) is 30.3 Å². The summed E-state index contributed by atoms with van der Waals surface area (Å²) in [5, 5.41) is 3.34. The summed E-state index contributed by atoms with van der Waals surface area (Å²) in [4.78, 5) is 13.6. The number of benzene rings is 2. The van der Waals surface area contributed by atoms with E-state index in [0.29, 0.717) is 5.95 Å². The number of nitrogens with one attached hydrogen (secondary N) is 1. The Labute approximate surface area is 164 Å². The second kappa shape index (κ2) is 7.84. The molecule has 1 aliphatic heterocycles. The third-order valence-electron chi connectivity index (χ3n) is 5.29. The molecule has 1 saturated heterocycles. The second-order valence-corrected chi connectivity index (χ2v) is 7.06. The van der Waals surface area contributed by atoms with Crippen molar-refractivity contribution in [3.05, 3.63) is 71.7 Å². The van der Waals surface area contributed by atoms with Crippen molar-refractivity contribution in [1.29, 1.82) is 0 Å². The molecule has 0 spiro atoms. The molecule has 5 nitrogen and oxygen atoms in total. The van der Waals surface area contributed by atoms with Gasteiger partial charge >= 0.3 is 0 Å². The Morgan fingerprint density at radius 2 is 1.61 bits per heavy atom. The Morgan fingerprint density at radius 3 is 2.36 bits per heavy atom. The molecule has 0 aliphatic carbocycles. The largest absolute Gasteiger partial charge is 0.368 e. The van der Waals surface area contributed by atoms with Gasteiger partial charge in [0.15, 0.2) is 0 Å². The first-order valence-corrected chi connectivity index (χ1v) is 9.52. The third kappa shape index (κ3) is 3.91. The molecule has 3 aromatic rings. The van der Waals surface area contributed by atoms with E-state index in [9.17, 15) is 4.39 Å². The zero-order valence-electron chi connectivity index (χ0n) is 16.2. The quantitative estimate of drug-likeness (QED) is 0.734. The van der Waals surface area contributed by atoms with Crippen molar-refractivity contribution in [2.45, 2.75) is 13.8 Å². The summed E-state index contributed by atoms with van der Waals surface area (Å²) in [6, 6.07) is 14.8. The molecular formula is C22H24FN5. The van der Waals surface area contributed by atoms with E-state index in [1.165, 1.54) is 23.3 Å². The lowest BCUT2D eigenvalue weighted by Crippen LogP contribution is -2.46. The molecule has 4 rings (SSSR count). The highest BCUT2D eigenvalue weighted by atomic mass is 19.1. The molecule has 0 amide bonds. The second-order valence-electron chi connectivity index (χ2n) is 7.06. The van der Waals surface area contributed by atoms with Gasteiger partial charge in [0.25, 0.3) is 0 Å². The van der Waals surface area contributed by atoms with Crippen molar-refractivity contribution in [3.63, 3.8) is 0 Å². The fourth-order valence-electron chi connectivity index (χ4n) is 3.44. The van der Waals surface area contributed by atoms with Crippen LogP contribution in [0, 0.1) is 19.7 Å². The summed E-state index contributed by atoms with van der Waals surface area (Å²) >= 11 is 0. The van der Waals surface area contributed by atoms with Gasteiger partial charge in [0.1, 0.15) is 11.6 Å². The van der Waals surface area contributed by atoms with E-state index in [2.05, 4.69) is 40.0 Å². The fourth-order valence-corrected chi connectivity index (χ4v) is 3.44. The van der Waals surface area contributed by atoms with E-state index in [-0.39, 0.29) is 5.82 Å². The van der Waals surface area contributed by atoms with Crippen molar-refractivity contribution < 1.29 is 4.39 Å². The molecule has 0 atom stereocenters. The molecular weight excluding hydrogens is 353 g/mol. The number of anilines is 4. The molecule has 0 saturated carbocycles. The monoisotopic (exact) mass is 377 g/mol. The molecule has 28 heavy (non-hydrogen) atoms. The Kier molecular flexibility index (Phi) is 5.10. The number of piperazine rings is 1. The standard InChI is InChI=1S/C22H24FN5/c1-16-4-3-5-20(17(16)2)25-22-24-11-10-21(26-22)28-14-12-27(13-15-28)19-8-6-18(23)7-9-19/h3-11H,12-15H2,1-2H3,(H,24,25,26). The summed E-state index contributed by atoms with van der Waals surface area (Å²) in [7, 11) is 0. The van der Waals surface area contributed by atoms with E-state index in [4.69, 9.17) is 4.98 Å². The molecule has 1 fully saturated rings. The Balaban J connectivity index is 1.44. The Morgan fingerprint density at radius 1 is 0.893 bits per heavy atom. The number of aryl methyl sites for hydroxylation is 1. The van der Waals surface area contributed by atoms with Crippen molar-refractivity contribution in [1.82, 2.24) is 9.97 Å². The Bertz CT molecular complexity index is 949. The van der Waals surface area contributed by atoms with Gasteiger partial charge in [-0.15, -0.1) is 0 Å². The van der Waals surface area contributed by atoms with Crippen molar-refractivity contribution in [2.75, 3.05) is 41.3 Å². The molecule has 144 valence electrons. The lowest BCUT2D eigenvalue weighted by atomic mass is 10.1. The third-order valence-corrected chi connectivity index (χ3v) is 5.29. The SMILES string of the molecule is Cc1cccc(Nc2nccc(N3CCN(c4ccc(F)cc4)CC3)n2)c1C. The zero-order valence-corrected chi connectivity index (χ0v) is 16.2. The maximum Gasteiger partial charge on any atom is 0.229 e. The van der Waals surface area contributed by atoms with Crippen LogP contribution in [0.4, 0.5) is 27.5 Å². The lowest BCUT2D eigenvalue weighted by Gasteiger charge is -2.36. The summed E-state index contributed by atoms with van der Waals surface area (Å²) in [6.45, 7) is 7.65. The van der Waals surface area contributed by atoms with Crippen LogP contribution in [0.15, 0.2) is 54.7 Å². The highest BCUT2D eigenvalue weighted by Crippen LogP contribution is 2.23. The highest BCUT2D eigenvalue weighted by Gasteiger charge is 2.19. The van der Waals surface area contributed by atoms with E-state index >= 15 is 0 Å². The van der Waals surface area contributed by atoms with Gasteiger partial charge in [-0.3, -0.25) is 0 Å². The minimum atomic E-state index is -0.202. The first kappa shape index (κ1) is 18.2. The van der Waals surface area contributed by atoms with E-state index in [1.54, 1.807) is 6.20 Å². The number of hydrogen-bond donors (Lipinski definition) is 1. The smallest absolute Gasteiger partial charge is 0.229 e. The summed E-state index contributed by atoms with van der Waals surface area (Å²) < 4.78 is 13.1. The summed E-state index contributed by atoms with van der Waals surface area (Å²) in [5.74, 6) is 1.32. The molecule has 0 bridgehead atoms. The van der Waals surface area contributed by atoms with Gasteiger partial charge in [0.2, 0.25) is 5.95 Å². The summed E-state index contributed by atoms with van der Waals surface area (Å²) in [5.41, 5.74) is 4.52. The number of nitrogens with zero attached hydrogens (tertiary/aromatic N) is 4. The van der Waals surface area contributed by atoms with Gasteiger partial charge in [0.05, 0.1) is 0 Å². The number of rotatable bonds is 4. The molecule has 0 radical (unpaired) electrons. The van der Waals surface area contributed by atoms with Gasteiger partial charge in [-0.25, -0.2) is 9.37 Å². The van der Waals surface area contributed by atoms with Gasteiger partial charge in [0, 0.05) is 43.8 Å². The predicted octanol–water partition coefficient (Wildman–Crippen LogP) is 4.30. The molecule has 2 aromatic carbocycles. The van der Waals surface area contributed by atoms with Crippen LogP contribution in [0.2, 0.25) is 0 Å². The highest BCUT2D eigenvalue weighted by molar-refractivity contribution is 5.61. The number of aromatic nitrogens is 2. The maximum atomic E-state index is 13.1. The Hall–Kier alpha value is -3.15. The van der Waals surface area contributed by atoms with Gasteiger partial charge < -0.3 is 15.1 Å². The van der Waals surface area contributed by atoms with Gasteiger partial charge in [-0.05, 0) is 61.4 Å². The van der Waals surface area contributed by atoms with Crippen LogP contribution >= 0.6 is 0 Å². The predicted molar refractivity (Wildman–Crippen MR) is 112 cm³/mol. The molecule has 6 heteroatoms. The van der Waals surface area contributed by atoms with Crippen molar-refractivity contribution >= 4 is 23.1 Å². The molecule has 1 aliphatic rings. The van der Waals surface area contributed by atoms with Crippen LogP contribution in [0.1, 0.15) is 11.1 Å². The first-order chi connectivity index (χ1) is 13.6. The van der Waals surface area contributed by atoms with Crippen LogP contribution in [-0.2, 0) is 0 Å². The van der Waals surface area contributed by atoms with E-state index in [0.717, 1.165) is 43.4 Å². The van der Waals surface area contributed by atoms with Gasteiger partial charge in [-0.2, -0.15) is 4.98 Å². The lowest BCUT2D eigenvalue weighted by molar-refractivity contribution is 0.624. The number of hydrogen-bond acceptors (Lipinski definition) is 5. The summed E-state index contributed by atoms with van der Waals surface area (Å²) in [6.07, 6.45) is 1.79. The molecule has 2 heterocycles. The topological polar surface area (TPSA) is 44.3 Å². The minimum Gasteiger partial charge on any atom is -0.368 e.